The second kappa shape index (κ2) is 8.00. The summed E-state index contributed by atoms with van der Waals surface area (Å²) in [7, 11) is 0. The monoisotopic (exact) mass is 402 g/mol. The number of nitriles is 1. The van der Waals surface area contributed by atoms with Crippen molar-refractivity contribution in [3.8, 4) is 16.5 Å². The summed E-state index contributed by atoms with van der Waals surface area (Å²) < 4.78 is 0.933. The summed E-state index contributed by atoms with van der Waals surface area (Å²) in [5.74, 6) is 0.645. The summed E-state index contributed by atoms with van der Waals surface area (Å²) in [6.07, 6.45) is 1.51. The highest BCUT2D eigenvalue weighted by Gasteiger charge is 2.10. The van der Waals surface area contributed by atoms with Gasteiger partial charge in [-0.25, -0.2) is 9.97 Å². The Hall–Kier alpha value is -3.54. The number of hydrazine groups is 1. The number of rotatable bonds is 4. The third-order valence-corrected chi connectivity index (χ3v) is 5.30. The highest BCUT2D eigenvalue weighted by molar-refractivity contribution is 7.80. The largest absolute Gasteiger partial charge is 0.331 e. The molecule has 0 bridgehead atoms. The van der Waals surface area contributed by atoms with Crippen LogP contribution >= 0.6 is 23.6 Å². The van der Waals surface area contributed by atoms with E-state index in [2.05, 4.69) is 44.3 Å². The van der Waals surface area contributed by atoms with Crippen LogP contribution in [0.25, 0.3) is 20.7 Å². The van der Waals surface area contributed by atoms with E-state index < -0.39 is 0 Å². The van der Waals surface area contributed by atoms with Crippen molar-refractivity contribution in [2.45, 2.75) is 0 Å². The van der Waals surface area contributed by atoms with E-state index in [1.165, 1.54) is 6.33 Å². The minimum Gasteiger partial charge on any atom is -0.331 e. The van der Waals surface area contributed by atoms with Crippen molar-refractivity contribution in [3.63, 3.8) is 0 Å². The van der Waals surface area contributed by atoms with Gasteiger partial charge in [-0.05, 0) is 42.0 Å². The lowest BCUT2D eigenvalue weighted by Crippen LogP contribution is -2.33. The summed E-state index contributed by atoms with van der Waals surface area (Å²) in [5, 5.41) is 12.4. The van der Waals surface area contributed by atoms with E-state index in [1.807, 2.05) is 30.3 Å². The van der Waals surface area contributed by atoms with Crippen molar-refractivity contribution in [3.05, 3.63) is 72.6 Å². The minimum atomic E-state index is 0.363. The molecule has 0 amide bonds. The third kappa shape index (κ3) is 3.91. The second-order valence-corrected chi connectivity index (χ2v) is 7.27. The summed E-state index contributed by atoms with van der Waals surface area (Å²) in [6, 6.07) is 21.4. The van der Waals surface area contributed by atoms with Gasteiger partial charge in [0.15, 0.2) is 10.9 Å². The van der Waals surface area contributed by atoms with Gasteiger partial charge in [0.1, 0.15) is 6.33 Å². The van der Waals surface area contributed by atoms with Crippen LogP contribution in [0.5, 0.6) is 0 Å². The molecule has 4 aromatic rings. The van der Waals surface area contributed by atoms with Crippen LogP contribution in [0.4, 0.5) is 11.5 Å². The number of hydrogen-bond donors (Lipinski definition) is 3. The molecular formula is C20H14N6S2. The highest BCUT2D eigenvalue weighted by Crippen LogP contribution is 2.35. The predicted molar refractivity (Wildman–Crippen MR) is 117 cm³/mol. The highest BCUT2D eigenvalue weighted by atomic mass is 32.1. The molecule has 0 radical (unpaired) electrons. The number of thiocarbonyl (C=S) groups is 1. The molecule has 2 heterocycles. The fraction of sp³-hybridized carbons (Fsp3) is 0. The van der Waals surface area contributed by atoms with Crippen molar-refractivity contribution < 1.29 is 0 Å². The van der Waals surface area contributed by atoms with Gasteiger partial charge in [-0.1, -0.05) is 36.4 Å². The number of nitrogens with zero attached hydrogens (tertiary/aromatic N) is 3. The van der Waals surface area contributed by atoms with Gasteiger partial charge in [0.25, 0.3) is 0 Å². The summed E-state index contributed by atoms with van der Waals surface area (Å²) in [6.45, 7) is 0. The zero-order chi connectivity index (χ0) is 19.3. The minimum absolute atomic E-state index is 0.363. The van der Waals surface area contributed by atoms with E-state index in [0.29, 0.717) is 16.5 Å². The molecule has 0 aliphatic rings. The maximum Gasteiger partial charge on any atom is 0.189 e. The Balaban J connectivity index is 1.49. The molecule has 2 aromatic carbocycles. The molecule has 0 spiro atoms. The molecule has 0 atom stereocenters. The maximum atomic E-state index is 8.98. The predicted octanol–water partition coefficient (Wildman–Crippen LogP) is 4.54. The number of hydrogen-bond acceptors (Lipinski definition) is 6. The van der Waals surface area contributed by atoms with Gasteiger partial charge in [-0.2, -0.15) is 5.26 Å². The Morgan fingerprint density at radius 3 is 2.71 bits per heavy atom. The van der Waals surface area contributed by atoms with Crippen LogP contribution in [0.15, 0.2) is 67.0 Å². The Kier molecular flexibility index (Phi) is 5.10. The average molecular weight is 403 g/mol. The summed E-state index contributed by atoms with van der Waals surface area (Å²) in [4.78, 5) is 9.79. The van der Waals surface area contributed by atoms with Crippen LogP contribution < -0.4 is 16.2 Å². The summed E-state index contributed by atoms with van der Waals surface area (Å²) >= 11 is 6.92. The first-order valence-corrected chi connectivity index (χ1v) is 9.58. The van der Waals surface area contributed by atoms with Gasteiger partial charge < -0.3 is 5.32 Å². The summed E-state index contributed by atoms with van der Waals surface area (Å²) in [5.41, 5.74) is 9.26. The van der Waals surface area contributed by atoms with Crippen LogP contribution in [0, 0.1) is 11.3 Å². The molecule has 0 saturated heterocycles. The van der Waals surface area contributed by atoms with Crippen molar-refractivity contribution >= 4 is 50.4 Å². The number of thiophene rings is 1. The van der Waals surface area contributed by atoms with Crippen molar-refractivity contribution in [2.75, 3.05) is 10.7 Å². The number of fused-ring (bicyclic) bond motifs is 1. The van der Waals surface area contributed by atoms with E-state index in [4.69, 9.17) is 17.5 Å². The van der Waals surface area contributed by atoms with E-state index >= 15 is 0 Å². The molecular weight excluding hydrogens is 388 g/mol. The van der Waals surface area contributed by atoms with Gasteiger partial charge in [-0.15, -0.1) is 11.3 Å². The molecule has 8 heteroatoms. The third-order valence-electron chi connectivity index (χ3n) is 3.91. The van der Waals surface area contributed by atoms with Crippen LogP contribution in [0.3, 0.4) is 0 Å². The van der Waals surface area contributed by atoms with Crippen molar-refractivity contribution in [1.29, 1.82) is 5.26 Å². The SMILES string of the molecule is N#Cc1cccc(NC(=S)NNc2ncnc3cc(-c4ccccc4)sc23)c1. The molecule has 2 aromatic heterocycles. The normalized spacial score (nSPS) is 10.2. The fourth-order valence-corrected chi connectivity index (χ4v) is 3.86. The van der Waals surface area contributed by atoms with E-state index in [-0.39, 0.29) is 0 Å². The van der Waals surface area contributed by atoms with Gasteiger partial charge in [-0.3, -0.25) is 10.9 Å². The van der Waals surface area contributed by atoms with Gasteiger partial charge in [0, 0.05) is 10.6 Å². The van der Waals surface area contributed by atoms with Crippen LogP contribution in [0.1, 0.15) is 5.56 Å². The van der Waals surface area contributed by atoms with E-state index in [9.17, 15) is 0 Å². The average Bonchev–Trinajstić information content (AvgIpc) is 3.18. The molecule has 0 aliphatic heterocycles. The zero-order valence-electron chi connectivity index (χ0n) is 14.5. The lowest BCUT2D eigenvalue weighted by atomic mass is 10.2. The quantitative estimate of drug-likeness (QED) is 0.341. The fourth-order valence-electron chi connectivity index (χ4n) is 2.63. The number of aromatic nitrogens is 2. The molecule has 0 fully saturated rings. The Bertz CT molecular complexity index is 1180. The molecule has 28 heavy (non-hydrogen) atoms. The number of anilines is 2. The second-order valence-electron chi connectivity index (χ2n) is 5.81. The molecule has 136 valence electrons. The topological polar surface area (TPSA) is 85.7 Å². The van der Waals surface area contributed by atoms with Gasteiger partial charge in [0.05, 0.1) is 21.8 Å². The first-order valence-electron chi connectivity index (χ1n) is 8.36. The first kappa shape index (κ1) is 17.9. The standard InChI is InChI=1S/C20H14N6S2/c21-11-13-5-4-8-15(9-13)24-20(27)26-25-19-18-16(22-12-23-19)10-17(28-18)14-6-2-1-3-7-14/h1-10,12H,(H,22,23,25)(H2,24,26,27). The van der Waals surface area contributed by atoms with Crippen molar-refractivity contribution in [1.82, 2.24) is 15.4 Å². The molecule has 3 N–H and O–H groups in total. The molecule has 4 rings (SSSR count). The zero-order valence-corrected chi connectivity index (χ0v) is 16.1. The van der Waals surface area contributed by atoms with Crippen LogP contribution in [-0.4, -0.2) is 15.1 Å². The van der Waals surface area contributed by atoms with Gasteiger partial charge >= 0.3 is 0 Å². The smallest absolute Gasteiger partial charge is 0.189 e. The lowest BCUT2D eigenvalue weighted by molar-refractivity contribution is 1.09. The molecule has 0 saturated carbocycles. The van der Waals surface area contributed by atoms with Gasteiger partial charge in [0.2, 0.25) is 0 Å². The van der Waals surface area contributed by atoms with Crippen molar-refractivity contribution in [2.24, 2.45) is 0 Å². The number of benzene rings is 2. The van der Waals surface area contributed by atoms with Crippen LogP contribution in [0.2, 0.25) is 0 Å². The van der Waals surface area contributed by atoms with Crippen LogP contribution in [-0.2, 0) is 0 Å². The Morgan fingerprint density at radius 2 is 1.89 bits per heavy atom. The molecule has 0 unspecified atom stereocenters. The first-order chi connectivity index (χ1) is 13.7. The lowest BCUT2D eigenvalue weighted by Gasteiger charge is -2.12. The Morgan fingerprint density at radius 1 is 1.04 bits per heavy atom. The molecule has 0 aliphatic carbocycles. The Labute approximate surface area is 170 Å². The molecule has 6 nitrogen and oxygen atoms in total. The van der Waals surface area contributed by atoms with E-state index in [1.54, 1.807) is 29.5 Å². The maximum absolute atomic E-state index is 8.98. The number of nitrogens with one attached hydrogen (secondary N) is 3. The van der Waals surface area contributed by atoms with E-state index in [0.717, 1.165) is 26.3 Å².